The number of benzene rings is 1. The van der Waals surface area contributed by atoms with Crippen LogP contribution in [0.1, 0.15) is 18.1 Å². The highest BCUT2D eigenvalue weighted by atomic mass is 16.5. The Balaban J connectivity index is 2.45. The Labute approximate surface area is 76.9 Å². The lowest BCUT2D eigenvalue weighted by Crippen LogP contribution is -2.15. The maximum absolute atomic E-state index is 9.49. The maximum Gasteiger partial charge on any atom is 0.166 e. The fraction of sp³-hybridized carbons (Fsp3) is 0.400. The molecule has 3 heteroatoms. The summed E-state index contributed by atoms with van der Waals surface area (Å²) in [6, 6.07) is 5.34. The Kier molecular flexibility index (Phi) is 2.10. The number of aromatic hydroxyl groups is 1. The molecular formula is C10H12O3. The number of para-hydroxylation sites is 1. The molecule has 3 nitrogen and oxygen atoms in total. The van der Waals surface area contributed by atoms with E-state index in [1.165, 1.54) is 0 Å². The Morgan fingerprint density at radius 1 is 1.54 bits per heavy atom. The molecule has 2 rings (SSSR count). The van der Waals surface area contributed by atoms with Gasteiger partial charge in [0.15, 0.2) is 11.5 Å². The van der Waals surface area contributed by atoms with E-state index >= 15 is 0 Å². The molecule has 1 aromatic carbocycles. The summed E-state index contributed by atoms with van der Waals surface area (Å²) in [7, 11) is 1.67. The molecule has 70 valence electrons. The predicted molar refractivity (Wildman–Crippen MR) is 48.0 cm³/mol. The zero-order valence-electron chi connectivity index (χ0n) is 7.49. The molecule has 1 aliphatic heterocycles. The van der Waals surface area contributed by atoms with Crippen LogP contribution in [0.5, 0.6) is 11.5 Å². The molecule has 0 saturated carbocycles. The first-order valence-electron chi connectivity index (χ1n) is 4.30. The summed E-state index contributed by atoms with van der Waals surface area (Å²) in [6.07, 6.45) is 0.892. The van der Waals surface area contributed by atoms with Crippen molar-refractivity contribution in [1.29, 1.82) is 0 Å². The van der Waals surface area contributed by atoms with E-state index in [0.717, 1.165) is 12.0 Å². The van der Waals surface area contributed by atoms with Crippen molar-refractivity contribution in [2.24, 2.45) is 0 Å². The highest BCUT2D eigenvalue weighted by Crippen LogP contribution is 2.39. The summed E-state index contributed by atoms with van der Waals surface area (Å²) in [5, 5.41) is 9.49. The third kappa shape index (κ3) is 1.35. The highest BCUT2D eigenvalue weighted by molar-refractivity contribution is 5.47. The molecule has 0 radical (unpaired) electrons. The minimum Gasteiger partial charge on any atom is -0.504 e. The number of fused-ring (bicyclic) bond motifs is 1. The molecule has 13 heavy (non-hydrogen) atoms. The van der Waals surface area contributed by atoms with Gasteiger partial charge in [-0.2, -0.15) is 0 Å². The summed E-state index contributed by atoms with van der Waals surface area (Å²) in [5.41, 5.74) is 0.939. The summed E-state index contributed by atoms with van der Waals surface area (Å²) in [6.45, 7) is 0.600. The van der Waals surface area contributed by atoms with Gasteiger partial charge in [-0.3, -0.25) is 0 Å². The van der Waals surface area contributed by atoms with Crippen molar-refractivity contribution in [3.05, 3.63) is 23.8 Å². The molecule has 0 unspecified atom stereocenters. The number of methoxy groups -OCH3 is 1. The van der Waals surface area contributed by atoms with Gasteiger partial charge in [0.2, 0.25) is 0 Å². The van der Waals surface area contributed by atoms with Crippen molar-refractivity contribution in [3.8, 4) is 11.5 Å². The Morgan fingerprint density at radius 2 is 2.38 bits per heavy atom. The van der Waals surface area contributed by atoms with Crippen LogP contribution in [0.4, 0.5) is 0 Å². The molecule has 0 bridgehead atoms. The van der Waals surface area contributed by atoms with Gasteiger partial charge >= 0.3 is 0 Å². The van der Waals surface area contributed by atoms with E-state index in [1.807, 2.05) is 6.07 Å². The standard InChI is InChI=1S/C10H12O3/c1-12-9-5-6-13-10-7(9)3-2-4-8(10)11/h2-4,9,11H,5-6H2,1H3/t9-/m1/s1. The third-order valence-corrected chi connectivity index (χ3v) is 2.28. The lowest BCUT2D eigenvalue weighted by Gasteiger charge is -2.25. The number of hydrogen-bond donors (Lipinski definition) is 1. The summed E-state index contributed by atoms with van der Waals surface area (Å²) < 4.78 is 10.6. The number of phenolic OH excluding ortho intramolecular Hbond substituents is 1. The average molecular weight is 180 g/mol. The highest BCUT2D eigenvalue weighted by Gasteiger charge is 2.22. The van der Waals surface area contributed by atoms with Gasteiger partial charge in [-0.15, -0.1) is 0 Å². The molecule has 0 aliphatic carbocycles. The predicted octanol–water partition coefficient (Wildman–Crippen LogP) is 1.86. The summed E-state index contributed by atoms with van der Waals surface area (Å²) >= 11 is 0. The molecule has 0 aromatic heterocycles. The largest absolute Gasteiger partial charge is 0.504 e. The van der Waals surface area contributed by atoms with Crippen molar-refractivity contribution in [1.82, 2.24) is 0 Å². The summed E-state index contributed by atoms with van der Waals surface area (Å²) in [4.78, 5) is 0. The van der Waals surface area contributed by atoms with Gasteiger partial charge in [-0.25, -0.2) is 0 Å². The molecule has 0 saturated heterocycles. The van der Waals surface area contributed by atoms with Crippen LogP contribution in [0, 0.1) is 0 Å². The van der Waals surface area contributed by atoms with Gasteiger partial charge in [0.25, 0.3) is 0 Å². The zero-order chi connectivity index (χ0) is 9.26. The number of ether oxygens (including phenoxy) is 2. The van der Waals surface area contributed by atoms with E-state index < -0.39 is 0 Å². The van der Waals surface area contributed by atoms with Crippen LogP contribution in [0.15, 0.2) is 18.2 Å². The van der Waals surface area contributed by atoms with Gasteiger partial charge in [-0.05, 0) is 6.07 Å². The number of hydrogen-bond acceptors (Lipinski definition) is 3. The second-order valence-corrected chi connectivity index (χ2v) is 3.06. The van der Waals surface area contributed by atoms with E-state index in [9.17, 15) is 5.11 Å². The first kappa shape index (κ1) is 8.38. The van der Waals surface area contributed by atoms with Gasteiger partial charge in [0.05, 0.1) is 12.7 Å². The van der Waals surface area contributed by atoms with Crippen LogP contribution < -0.4 is 4.74 Å². The fourth-order valence-electron chi connectivity index (χ4n) is 1.62. The van der Waals surface area contributed by atoms with Crippen molar-refractivity contribution in [3.63, 3.8) is 0 Å². The van der Waals surface area contributed by atoms with Crippen LogP contribution in [-0.4, -0.2) is 18.8 Å². The maximum atomic E-state index is 9.49. The minimum atomic E-state index is 0.0517. The van der Waals surface area contributed by atoms with Crippen LogP contribution in [0.25, 0.3) is 0 Å². The van der Waals surface area contributed by atoms with Crippen LogP contribution in [0.3, 0.4) is 0 Å². The van der Waals surface area contributed by atoms with Crippen LogP contribution in [-0.2, 0) is 4.74 Å². The normalized spacial score (nSPS) is 20.5. The van der Waals surface area contributed by atoms with Crippen molar-refractivity contribution in [2.45, 2.75) is 12.5 Å². The van der Waals surface area contributed by atoms with E-state index in [0.29, 0.717) is 12.4 Å². The smallest absolute Gasteiger partial charge is 0.166 e. The molecule has 1 N–H and O–H groups in total. The van der Waals surface area contributed by atoms with Gasteiger partial charge < -0.3 is 14.6 Å². The number of phenols is 1. The van der Waals surface area contributed by atoms with E-state index in [-0.39, 0.29) is 11.9 Å². The third-order valence-electron chi connectivity index (χ3n) is 2.28. The lowest BCUT2D eigenvalue weighted by atomic mass is 10.0. The molecule has 1 aromatic rings. The average Bonchev–Trinajstić information content (AvgIpc) is 2.18. The first-order valence-corrected chi connectivity index (χ1v) is 4.30. The van der Waals surface area contributed by atoms with Crippen LogP contribution >= 0.6 is 0 Å². The summed E-state index contributed by atoms with van der Waals surface area (Å²) in [5.74, 6) is 0.764. The molecular weight excluding hydrogens is 168 g/mol. The number of rotatable bonds is 1. The molecule has 1 aliphatic rings. The molecule has 0 spiro atoms. The Morgan fingerprint density at radius 3 is 3.15 bits per heavy atom. The van der Waals surface area contributed by atoms with Gasteiger partial charge in [0, 0.05) is 19.1 Å². The van der Waals surface area contributed by atoms with Gasteiger partial charge in [0.1, 0.15) is 0 Å². The second kappa shape index (κ2) is 3.26. The molecule has 0 fully saturated rings. The molecule has 0 amide bonds. The fourth-order valence-corrected chi connectivity index (χ4v) is 1.62. The molecule has 1 heterocycles. The first-order chi connectivity index (χ1) is 6.33. The van der Waals surface area contributed by atoms with Crippen molar-refractivity contribution >= 4 is 0 Å². The molecule has 1 atom stereocenters. The van der Waals surface area contributed by atoms with Crippen molar-refractivity contribution < 1.29 is 14.6 Å². The van der Waals surface area contributed by atoms with E-state index in [2.05, 4.69) is 0 Å². The van der Waals surface area contributed by atoms with E-state index in [1.54, 1.807) is 19.2 Å². The Bertz CT molecular complexity index is 309. The van der Waals surface area contributed by atoms with Crippen molar-refractivity contribution in [2.75, 3.05) is 13.7 Å². The van der Waals surface area contributed by atoms with Crippen LogP contribution in [0.2, 0.25) is 0 Å². The SMILES string of the molecule is CO[C@@H]1CCOc2c(O)cccc21. The topological polar surface area (TPSA) is 38.7 Å². The lowest BCUT2D eigenvalue weighted by molar-refractivity contribution is 0.0623. The quantitative estimate of drug-likeness (QED) is 0.717. The second-order valence-electron chi connectivity index (χ2n) is 3.06. The Hall–Kier alpha value is -1.22. The zero-order valence-corrected chi connectivity index (χ0v) is 7.49. The monoisotopic (exact) mass is 180 g/mol. The minimum absolute atomic E-state index is 0.0517. The van der Waals surface area contributed by atoms with E-state index in [4.69, 9.17) is 9.47 Å². The van der Waals surface area contributed by atoms with Gasteiger partial charge in [-0.1, -0.05) is 12.1 Å².